The topological polar surface area (TPSA) is 12.0 Å². The molecule has 16 heavy (non-hydrogen) atoms. The van der Waals surface area contributed by atoms with Crippen molar-refractivity contribution in [2.45, 2.75) is 25.3 Å². The van der Waals surface area contributed by atoms with Crippen molar-refractivity contribution in [3.8, 4) is 0 Å². The van der Waals surface area contributed by atoms with E-state index in [-0.39, 0.29) is 18.0 Å². The summed E-state index contributed by atoms with van der Waals surface area (Å²) < 4.78 is 39.7. The van der Waals surface area contributed by atoms with Gasteiger partial charge in [0.2, 0.25) is 0 Å². The SMILES string of the molecule is Fc1cc(CC2CCCN2)c(F)c(F)c1Cl. The number of halogens is 4. The van der Waals surface area contributed by atoms with Gasteiger partial charge in [-0.25, -0.2) is 13.2 Å². The van der Waals surface area contributed by atoms with Gasteiger partial charge in [-0.05, 0) is 37.4 Å². The minimum absolute atomic E-state index is 0.0406. The van der Waals surface area contributed by atoms with Crippen molar-refractivity contribution < 1.29 is 13.2 Å². The summed E-state index contributed by atoms with van der Waals surface area (Å²) in [6, 6.07) is 1.07. The Balaban J connectivity index is 2.26. The molecule has 1 atom stereocenters. The van der Waals surface area contributed by atoms with Crippen molar-refractivity contribution in [3.63, 3.8) is 0 Å². The molecule has 0 aliphatic carbocycles. The third-order valence-electron chi connectivity index (χ3n) is 2.81. The average Bonchev–Trinajstić information content (AvgIpc) is 2.76. The summed E-state index contributed by atoms with van der Waals surface area (Å²) in [4.78, 5) is 0. The fourth-order valence-electron chi connectivity index (χ4n) is 1.97. The van der Waals surface area contributed by atoms with Gasteiger partial charge in [0.25, 0.3) is 0 Å². The van der Waals surface area contributed by atoms with Crippen LogP contribution in [0.5, 0.6) is 0 Å². The Kier molecular flexibility index (Phi) is 3.40. The van der Waals surface area contributed by atoms with E-state index in [0.717, 1.165) is 25.5 Å². The predicted molar refractivity (Wildman–Crippen MR) is 56.1 cm³/mol. The minimum atomic E-state index is -1.30. The Morgan fingerprint density at radius 2 is 2.06 bits per heavy atom. The van der Waals surface area contributed by atoms with Gasteiger partial charge in [0.05, 0.1) is 0 Å². The van der Waals surface area contributed by atoms with E-state index in [0.29, 0.717) is 0 Å². The third-order valence-corrected chi connectivity index (χ3v) is 3.15. The molecule has 1 nitrogen and oxygen atoms in total. The van der Waals surface area contributed by atoms with Crippen LogP contribution < -0.4 is 5.32 Å². The van der Waals surface area contributed by atoms with Gasteiger partial charge in [-0.3, -0.25) is 0 Å². The molecule has 0 amide bonds. The number of hydrogen-bond acceptors (Lipinski definition) is 1. The first-order valence-electron chi connectivity index (χ1n) is 5.15. The summed E-state index contributed by atoms with van der Waals surface area (Å²) in [6.07, 6.45) is 2.19. The van der Waals surface area contributed by atoms with Crippen LogP contribution in [0, 0.1) is 17.5 Å². The van der Waals surface area contributed by atoms with Gasteiger partial charge in [-0.1, -0.05) is 11.6 Å². The molecule has 1 fully saturated rings. The predicted octanol–water partition coefficient (Wildman–Crippen LogP) is 3.05. The van der Waals surface area contributed by atoms with E-state index in [1.165, 1.54) is 0 Å². The molecule has 1 unspecified atom stereocenters. The molecule has 1 aliphatic heterocycles. The summed E-state index contributed by atoms with van der Waals surface area (Å²) in [5.74, 6) is -3.25. The lowest BCUT2D eigenvalue weighted by molar-refractivity contribution is 0.476. The summed E-state index contributed by atoms with van der Waals surface area (Å²) in [5, 5.41) is 2.36. The molecular weight excluding hydrogens is 239 g/mol. The normalized spacial score (nSPS) is 20.4. The fourth-order valence-corrected chi connectivity index (χ4v) is 2.10. The van der Waals surface area contributed by atoms with Crippen LogP contribution in [-0.2, 0) is 6.42 Å². The Labute approximate surface area is 96.6 Å². The molecule has 1 aromatic carbocycles. The van der Waals surface area contributed by atoms with Gasteiger partial charge in [0.15, 0.2) is 11.6 Å². The van der Waals surface area contributed by atoms with Crippen molar-refractivity contribution in [2.24, 2.45) is 0 Å². The molecule has 0 saturated carbocycles. The lowest BCUT2D eigenvalue weighted by atomic mass is 10.0. The fraction of sp³-hybridized carbons (Fsp3) is 0.455. The lowest BCUT2D eigenvalue weighted by Gasteiger charge is -2.11. The van der Waals surface area contributed by atoms with E-state index >= 15 is 0 Å². The zero-order chi connectivity index (χ0) is 11.7. The first-order chi connectivity index (χ1) is 7.59. The van der Waals surface area contributed by atoms with Crippen molar-refractivity contribution in [3.05, 3.63) is 34.1 Å². The highest BCUT2D eigenvalue weighted by molar-refractivity contribution is 6.30. The molecular formula is C11H11ClF3N. The molecule has 88 valence electrons. The highest BCUT2D eigenvalue weighted by atomic mass is 35.5. The van der Waals surface area contributed by atoms with Gasteiger partial charge in [-0.2, -0.15) is 0 Å². The van der Waals surface area contributed by atoms with Crippen LogP contribution in [0.2, 0.25) is 5.02 Å². The van der Waals surface area contributed by atoms with Crippen LogP contribution in [0.25, 0.3) is 0 Å². The Morgan fingerprint density at radius 1 is 1.31 bits per heavy atom. The lowest BCUT2D eigenvalue weighted by Crippen LogP contribution is -2.24. The van der Waals surface area contributed by atoms with Crippen molar-refractivity contribution in [2.75, 3.05) is 6.54 Å². The van der Waals surface area contributed by atoms with Gasteiger partial charge < -0.3 is 5.32 Å². The molecule has 1 aromatic rings. The second-order valence-corrected chi connectivity index (χ2v) is 4.33. The zero-order valence-electron chi connectivity index (χ0n) is 8.49. The smallest absolute Gasteiger partial charge is 0.180 e. The van der Waals surface area contributed by atoms with Crippen molar-refractivity contribution in [1.29, 1.82) is 0 Å². The van der Waals surface area contributed by atoms with Gasteiger partial charge in [0, 0.05) is 6.04 Å². The second kappa shape index (κ2) is 4.63. The zero-order valence-corrected chi connectivity index (χ0v) is 9.25. The summed E-state index contributed by atoms with van der Waals surface area (Å²) in [6.45, 7) is 0.866. The van der Waals surface area contributed by atoms with E-state index in [9.17, 15) is 13.2 Å². The van der Waals surface area contributed by atoms with E-state index < -0.39 is 22.5 Å². The molecule has 0 spiro atoms. The summed E-state index contributed by atoms with van der Waals surface area (Å²) in [7, 11) is 0. The highest BCUT2D eigenvalue weighted by Crippen LogP contribution is 2.25. The van der Waals surface area contributed by atoms with Crippen molar-refractivity contribution >= 4 is 11.6 Å². The molecule has 1 saturated heterocycles. The number of benzene rings is 1. The average molecular weight is 250 g/mol. The molecule has 0 aromatic heterocycles. The van der Waals surface area contributed by atoms with Crippen LogP contribution in [-0.4, -0.2) is 12.6 Å². The molecule has 1 aliphatic rings. The highest BCUT2D eigenvalue weighted by Gasteiger charge is 2.21. The van der Waals surface area contributed by atoms with Crippen LogP contribution in [0.4, 0.5) is 13.2 Å². The van der Waals surface area contributed by atoms with E-state index in [4.69, 9.17) is 11.6 Å². The van der Waals surface area contributed by atoms with E-state index in [1.54, 1.807) is 0 Å². The Bertz CT molecular complexity index is 403. The maximum atomic E-state index is 13.4. The van der Waals surface area contributed by atoms with Gasteiger partial charge in [-0.15, -0.1) is 0 Å². The molecule has 1 heterocycles. The first kappa shape index (κ1) is 11.7. The van der Waals surface area contributed by atoms with Crippen LogP contribution >= 0.6 is 11.6 Å². The summed E-state index contributed by atoms with van der Waals surface area (Å²) in [5.41, 5.74) is 0.0406. The Hall–Kier alpha value is -0.740. The second-order valence-electron chi connectivity index (χ2n) is 3.96. The number of rotatable bonds is 2. The summed E-state index contributed by atoms with van der Waals surface area (Å²) >= 11 is 5.27. The number of hydrogen-bond donors (Lipinski definition) is 1. The maximum absolute atomic E-state index is 13.4. The van der Waals surface area contributed by atoms with Crippen LogP contribution in [0.15, 0.2) is 6.07 Å². The third kappa shape index (κ3) is 2.18. The minimum Gasteiger partial charge on any atom is -0.314 e. The monoisotopic (exact) mass is 249 g/mol. The molecule has 2 rings (SSSR count). The largest absolute Gasteiger partial charge is 0.314 e. The first-order valence-corrected chi connectivity index (χ1v) is 5.52. The quantitative estimate of drug-likeness (QED) is 0.628. The molecule has 5 heteroatoms. The molecule has 0 radical (unpaired) electrons. The Morgan fingerprint density at radius 3 is 2.69 bits per heavy atom. The van der Waals surface area contributed by atoms with Crippen molar-refractivity contribution in [1.82, 2.24) is 5.32 Å². The van der Waals surface area contributed by atoms with Gasteiger partial charge in [0.1, 0.15) is 10.8 Å². The maximum Gasteiger partial charge on any atom is 0.180 e. The van der Waals surface area contributed by atoms with E-state index in [1.807, 2.05) is 0 Å². The van der Waals surface area contributed by atoms with E-state index in [2.05, 4.69) is 5.32 Å². The standard InChI is InChI=1S/C11H11ClF3N/c12-9-8(13)5-6(10(14)11(9)15)4-7-2-1-3-16-7/h5,7,16H,1-4H2. The number of nitrogens with one attached hydrogen (secondary N) is 1. The van der Waals surface area contributed by atoms with Crippen LogP contribution in [0.1, 0.15) is 18.4 Å². The molecule has 1 N–H and O–H groups in total. The van der Waals surface area contributed by atoms with Gasteiger partial charge >= 0.3 is 0 Å². The van der Waals surface area contributed by atoms with Crippen LogP contribution in [0.3, 0.4) is 0 Å². The molecule has 0 bridgehead atoms.